The second-order valence-electron chi connectivity index (χ2n) is 6.16. The van der Waals surface area contributed by atoms with Gasteiger partial charge in [-0.05, 0) is 39.0 Å². The van der Waals surface area contributed by atoms with Crippen molar-refractivity contribution < 1.29 is 19.7 Å². The molecule has 156 valence electrons. The number of carbonyl (C=O) groups excluding carboxylic acids is 1. The standard InChI is InChI=1S/C24H36O4/c1-3-5-6-7-8-12-17-22(25)18-13-9-10-14-19-23(26)20-15-11-16-21-24(27)28-4-2/h5-6,8-15,18-19,22-23,25-26H,3-4,7,16-17,20-21H2,1-2H3/b6-5-,10-9+,12-8-,15-11-,18-13-,19-14+/t22-,23-/m0/s1. The van der Waals surface area contributed by atoms with E-state index >= 15 is 0 Å². The second-order valence-corrected chi connectivity index (χ2v) is 6.16. The predicted octanol–water partition coefficient (Wildman–Crippen LogP) is 4.97. The van der Waals surface area contributed by atoms with E-state index < -0.39 is 12.2 Å². The van der Waals surface area contributed by atoms with Gasteiger partial charge < -0.3 is 14.9 Å². The zero-order chi connectivity index (χ0) is 20.9. The van der Waals surface area contributed by atoms with Crippen molar-refractivity contribution in [2.24, 2.45) is 0 Å². The highest BCUT2D eigenvalue weighted by Crippen LogP contribution is 2.01. The summed E-state index contributed by atoms with van der Waals surface area (Å²) in [5.74, 6) is -0.198. The Morgan fingerprint density at radius 1 is 0.821 bits per heavy atom. The Kier molecular flexibility index (Phi) is 18.1. The van der Waals surface area contributed by atoms with E-state index in [2.05, 4.69) is 25.2 Å². The number of aliphatic hydroxyl groups is 2. The van der Waals surface area contributed by atoms with Crippen molar-refractivity contribution in [2.45, 2.75) is 64.6 Å². The number of esters is 1. The van der Waals surface area contributed by atoms with Crippen LogP contribution in [-0.4, -0.2) is 35.0 Å². The molecule has 0 aliphatic rings. The number of carbonyl (C=O) groups is 1. The largest absolute Gasteiger partial charge is 0.466 e. The molecule has 0 fully saturated rings. The third-order valence-corrected chi connectivity index (χ3v) is 3.58. The molecule has 0 aromatic heterocycles. The van der Waals surface area contributed by atoms with Crippen LogP contribution in [0.1, 0.15) is 52.4 Å². The smallest absolute Gasteiger partial charge is 0.306 e. The van der Waals surface area contributed by atoms with Gasteiger partial charge in [-0.3, -0.25) is 4.79 Å². The lowest BCUT2D eigenvalue weighted by Crippen LogP contribution is -2.02. The van der Waals surface area contributed by atoms with Crippen LogP contribution >= 0.6 is 0 Å². The van der Waals surface area contributed by atoms with Crippen LogP contribution in [0.2, 0.25) is 0 Å². The van der Waals surface area contributed by atoms with Gasteiger partial charge in [0.05, 0.1) is 18.8 Å². The van der Waals surface area contributed by atoms with Crippen molar-refractivity contribution in [3.8, 4) is 0 Å². The molecular formula is C24H36O4. The third kappa shape index (κ3) is 18.6. The van der Waals surface area contributed by atoms with E-state index in [1.807, 2.05) is 30.4 Å². The van der Waals surface area contributed by atoms with Gasteiger partial charge in [-0.15, -0.1) is 0 Å². The Balaban J connectivity index is 3.91. The van der Waals surface area contributed by atoms with E-state index in [1.54, 1.807) is 31.2 Å². The number of hydrogen-bond acceptors (Lipinski definition) is 4. The minimum absolute atomic E-state index is 0.198. The molecule has 0 radical (unpaired) electrons. The lowest BCUT2D eigenvalue weighted by molar-refractivity contribution is -0.143. The van der Waals surface area contributed by atoms with Crippen molar-refractivity contribution in [3.05, 3.63) is 72.9 Å². The summed E-state index contributed by atoms with van der Waals surface area (Å²) in [6.45, 7) is 4.29. The van der Waals surface area contributed by atoms with Crippen LogP contribution in [0.5, 0.6) is 0 Å². The first-order valence-corrected chi connectivity index (χ1v) is 10.1. The molecule has 0 spiro atoms. The second kappa shape index (κ2) is 19.6. The Labute approximate surface area is 170 Å². The molecule has 0 saturated carbocycles. The quantitative estimate of drug-likeness (QED) is 0.236. The van der Waals surface area contributed by atoms with E-state index in [4.69, 9.17) is 4.74 Å². The molecule has 0 aliphatic heterocycles. The van der Waals surface area contributed by atoms with Crippen LogP contribution in [0.15, 0.2) is 72.9 Å². The summed E-state index contributed by atoms with van der Waals surface area (Å²) in [7, 11) is 0. The lowest BCUT2D eigenvalue weighted by Gasteiger charge is -2.00. The molecule has 2 atom stereocenters. The van der Waals surface area contributed by atoms with Crippen LogP contribution in [0.25, 0.3) is 0 Å². The molecular weight excluding hydrogens is 352 g/mol. The van der Waals surface area contributed by atoms with Crippen LogP contribution in [0, 0.1) is 0 Å². The maximum atomic E-state index is 11.2. The van der Waals surface area contributed by atoms with Gasteiger partial charge in [0.25, 0.3) is 0 Å². The summed E-state index contributed by atoms with van der Waals surface area (Å²) >= 11 is 0. The Morgan fingerprint density at radius 2 is 1.39 bits per heavy atom. The number of allylic oxidation sites excluding steroid dienone is 8. The Morgan fingerprint density at radius 3 is 1.96 bits per heavy atom. The summed E-state index contributed by atoms with van der Waals surface area (Å²) in [6, 6.07) is 0. The van der Waals surface area contributed by atoms with Gasteiger partial charge in [0, 0.05) is 6.42 Å². The molecule has 0 heterocycles. The van der Waals surface area contributed by atoms with Gasteiger partial charge in [-0.1, -0.05) is 79.8 Å². The first kappa shape index (κ1) is 25.8. The lowest BCUT2D eigenvalue weighted by atomic mass is 10.2. The molecule has 0 amide bonds. The summed E-state index contributed by atoms with van der Waals surface area (Å²) in [5.41, 5.74) is 0. The van der Waals surface area contributed by atoms with E-state index in [0.29, 0.717) is 32.3 Å². The van der Waals surface area contributed by atoms with Gasteiger partial charge in [-0.25, -0.2) is 0 Å². The fourth-order valence-electron chi connectivity index (χ4n) is 2.13. The zero-order valence-electron chi connectivity index (χ0n) is 17.2. The minimum atomic E-state index is -0.565. The Bertz CT molecular complexity index is 553. The van der Waals surface area contributed by atoms with Crippen molar-refractivity contribution in [1.29, 1.82) is 0 Å². The number of rotatable bonds is 15. The molecule has 0 saturated heterocycles. The van der Waals surface area contributed by atoms with Crippen LogP contribution in [0.3, 0.4) is 0 Å². The highest BCUT2D eigenvalue weighted by molar-refractivity contribution is 5.69. The SMILES string of the molecule is CC/C=C\C/C=C\C[C@H](O)\C=C/C=C/C=C/[C@H](O)C/C=C\CCC(=O)OCC. The number of aliphatic hydroxyl groups excluding tert-OH is 2. The molecule has 0 unspecified atom stereocenters. The maximum Gasteiger partial charge on any atom is 0.306 e. The summed E-state index contributed by atoms with van der Waals surface area (Å²) < 4.78 is 4.84. The van der Waals surface area contributed by atoms with Gasteiger partial charge in [0.2, 0.25) is 0 Å². The highest BCUT2D eigenvalue weighted by atomic mass is 16.5. The van der Waals surface area contributed by atoms with Gasteiger partial charge in [0.1, 0.15) is 0 Å². The summed E-state index contributed by atoms with van der Waals surface area (Å²) in [4.78, 5) is 11.2. The van der Waals surface area contributed by atoms with E-state index in [0.717, 1.165) is 12.8 Å². The fourth-order valence-corrected chi connectivity index (χ4v) is 2.13. The molecule has 0 rings (SSSR count). The molecule has 0 bridgehead atoms. The van der Waals surface area contributed by atoms with Crippen LogP contribution in [-0.2, 0) is 9.53 Å². The van der Waals surface area contributed by atoms with Crippen molar-refractivity contribution >= 4 is 5.97 Å². The first-order chi connectivity index (χ1) is 13.6. The molecule has 2 N–H and O–H groups in total. The molecule has 4 nitrogen and oxygen atoms in total. The van der Waals surface area contributed by atoms with E-state index in [-0.39, 0.29) is 5.97 Å². The van der Waals surface area contributed by atoms with Crippen molar-refractivity contribution in [1.82, 2.24) is 0 Å². The van der Waals surface area contributed by atoms with Crippen LogP contribution < -0.4 is 0 Å². The predicted molar refractivity (Wildman–Crippen MR) is 117 cm³/mol. The van der Waals surface area contributed by atoms with E-state index in [9.17, 15) is 15.0 Å². The van der Waals surface area contributed by atoms with Crippen molar-refractivity contribution in [2.75, 3.05) is 6.61 Å². The normalized spacial score (nSPS) is 15.1. The van der Waals surface area contributed by atoms with Crippen LogP contribution in [0.4, 0.5) is 0 Å². The molecule has 0 aromatic rings. The molecule has 0 aromatic carbocycles. The van der Waals surface area contributed by atoms with Crippen molar-refractivity contribution in [3.63, 3.8) is 0 Å². The molecule has 0 aliphatic carbocycles. The first-order valence-electron chi connectivity index (χ1n) is 10.1. The highest BCUT2D eigenvalue weighted by Gasteiger charge is 1.98. The maximum absolute atomic E-state index is 11.2. The monoisotopic (exact) mass is 388 g/mol. The topological polar surface area (TPSA) is 66.8 Å². The molecule has 28 heavy (non-hydrogen) atoms. The van der Waals surface area contributed by atoms with Gasteiger partial charge in [-0.2, -0.15) is 0 Å². The average molecular weight is 389 g/mol. The summed E-state index contributed by atoms with van der Waals surface area (Å²) in [6.07, 6.45) is 25.6. The number of ether oxygens (including phenoxy) is 1. The third-order valence-electron chi connectivity index (χ3n) is 3.58. The fraction of sp³-hybridized carbons (Fsp3) is 0.458. The molecule has 4 heteroatoms. The minimum Gasteiger partial charge on any atom is -0.466 e. The Hall–Kier alpha value is -2.17. The van der Waals surface area contributed by atoms with E-state index in [1.165, 1.54) is 0 Å². The van der Waals surface area contributed by atoms with Gasteiger partial charge in [0.15, 0.2) is 0 Å². The zero-order valence-corrected chi connectivity index (χ0v) is 17.2. The summed E-state index contributed by atoms with van der Waals surface area (Å²) in [5, 5.41) is 19.6. The van der Waals surface area contributed by atoms with Gasteiger partial charge >= 0.3 is 5.97 Å². The average Bonchev–Trinajstić information content (AvgIpc) is 2.67. The number of hydrogen-bond donors (Lipinski definition) is 2.